The van der Waals surface area contributed by atoms with Gasteiger partial charge in [-0.25, -0.2) is 9.18 Å². The van der Waals surface area contributed by atoms with Crippen molar-refractivity contribution in [2.45, 2.75) is 59.5 Å². The molecule has 0 spiro atoms. The number of hydrogen-bond acceptors (Lipinski definition) is 3. The third-order valence-corrected chi connectivity index (χ3v) is 6.73. The molecule has 0 saturated carbocycles. The Hall–Kier alpha value is -3.68. The van der Waals surface area contributed by atoms with Gasteiger partial charge in [-0.3, -0.25) is 9.69 Å². The van der Waals surface area contributed by atoms with Gasteiger partial charge in [0, 0.05) is 0 Å². The molecule has 0 bridgehead atoms. The summed E-state index contributed by atoms with van der Waals surface area (Å²) in [7, 11) is 0. The number of aryl methyl sites for hydroxylation is 3. The molecule has 1 aliphatic heterocycles. The summed E-state index contributed by atoms with van der Waals surface area (Å²) in [5.41, 5.74) is 3.56. The Morgan fingerprint density at radius 3 is 2.32 bits per heavy atom. The van der Waals surface area contributed by atoms with Gasteiger partial charge in [-0.2, -0.15) is 13.2 Å². The Morgan fingerprint density at radius 2 is 1.68 bits per heavy atom. The number of rotatable bonds is 5. The van der Waals surface area contributed by atoms with Gasteiger partial charge in [0.1, 0.15) is 11.9 Å². The fourth-order valence-corrected chi connectivity index (χ4v) is 4.83. The monoisotopic (exact) mass is 513 g/mol. The highest BCUT2D eigenvalue weighted by Gasteiger charge is 2.41. The normalized spacial score (nSPS) is 17.8. The van der Waals surface area contributed by atoms with Crippen LogP contribution in [-0.4, -0.2) is 22.8 Å². The number of halogens is 4. The minimum atomic E-state index is -4.52. The molecular formula is C29H27F4NO3. The topological polar surface area (TPSA) is 46.6 Å². The van der Waals surface area contributed by atoms with Crippen molar-refractivity contribution in [2.75, 3.05) is 0 Å². The lowest BCUT2D eigenvalue weighted by Crippen LogP contribution is -2.31. The summed E-state index contributed by atoms with van der Waals surface area (Å²) in [5.74, 6) is -0.998. The molecular weight excluding hydrogens is 486 g/mol. The number of cyclic esters (lactones) is 1. The molecule has 0 unspecified atom stereocenters. The largest absolute Gasteiger partial charge is 0.439 e. The molecule has 8 heteroatoms. The van der Waals surface area contributed by atoms with E-state index in [-0.39, 0.29) is 17.7 Å². The smallest absolute Gasteiger partial charge is 0.416 e. The van der Waals surface area contributed by atoms with Crippen LogP contribution in [0.15, 0.2) is 48.5 Å². The first-order chi connectivity index (χ1) is 17.3. The highest BCUT2D eigenvalue weighted by molar-refractivity contribution is 5.96. The predicted octanol–water partition coefficient (Wildman–Crippen LogP) is 7.72. The summed E-state index contributed by atoms with van der Waals surface area (Å²) in [4.78, 5) is 26.4. The molecule has 1 fully saturated rings. The SMILES string of the molecule is CC(=O)c1cc(-c2ccc(C)cc2CN2C(=O)O[C@H](c3cc(C)cc(C(F)(F)F)c3)[C@@H]2C)c(C)cc1F. The number of nitrogens with zero attached hydrogens (tertiary/aromatic N) is 1. The maximum atomic E-state index is 14.4. The highest BCUT2D eigenvalue weighted by Crippen LogP contribution is 2.39. The number of amides is 1. The zero-order valence-corrected chi connectivity index (χ0v) is 21.2. The minimum absolute atomic E-state index is 0.0268. The van der Waals surface area contributed by atoms with E-state index in [2.05, 4.69) is 0 Å². The molecule has 0 N–H and O–H groups in total. The summed E-state index contributed by atoms with van der Waals surface area (Å²) < 4.78 is 60.1. The average Bonchev–Trinajstić information content (AvgIpc) is 3.07. The zero-order chi connectivity index (χ0) is 27.2. The Bertz CT molecular complexity index is 1400. The fraction of sp³-hybridized carbons (Fsp3) is 0.310. The second-order valence-corrected chi connectivity index (χ2v) is 9.67. The van der Waals surface area contributed by atoms with E-state index in [1.54, 1.807) is 26.8 Å². The Kier molecular flexibility index (Phi) is 6.88. The van der Waals surface area contributed by atoms with Crippen molar-refractivity contribution >= 4 is 11.9 Å². The molecule has 0 aromatic heterocycles. The number of hydrogen-bond donors (Lipinski definition) is 0. The summed E-state index contributed by atoms with van der Waals surface area (Å²) in [6, 6.07) is 11.6. The number of ketones is 1. The first-order valence-corrected chi connectivity index (χ1v) is 11.8. The zero-order valence-electron chi connectivity index (χ0n) is 21.2. The van der Waals surface area contributed by atoms with Gasteiger partial charge in [0.25, 0.3) is 0 Å². The van der Waals surface area contributed by atoms with Crippen molar-refractivity contribution in [3.8, 4) is 11.1 Å². The van der Waals surface area contributed by atoms with Gasteiger partial charge in [-0.15, -0.1) is 0 Å². The van der Waals surface area contributed by atoms with Gasteiger partial charge < -0.3 is 4.74 Å². The van der Waals surface area contributed by atoms with Crippen molar-refractivity contribution in [3.05, 3.63) is 93.3 Å². The summed E-state index contributed by atoms with van der Waals surface area (Å²) in [6.07, 6.45) is -6.03. The third-order valence-electron chi connectivity index (χ3n) is 6.73. The lowest BCUT2D eigenvalue weighted by atomic mass is 9.91. The number of carbonyl (C=O) groups is 2. The van der Waals surface area contributed by atoms with Gasteiger partial charge in [0.2, 0.25) is 0 Å². The van der Waals surface area contributed by atoms with Crippen LogP contribution >= 0.6 is 0 Å². The minimum Gasteiger partial charge on any atom is -0.439 e. The molecule has 0 radical (unpaired) electrons. The molecule has 2 atom stereocenters. The van der Waals surface area contributed by atoms with Crippen LogP contribution in [0.4, 0.5) is 22.4 Å². The van der Waals surface area contributed by atoms with E-state index in [0.29, 0.717) is 16.7 Å². The molecule has 0 aliphatic carbocycles. The molecule has 1 heterocycles. The van der Waals surface area contributed by atoms with Gasteiger partial charge >= 0.3 is 12.3 Å². The number of ether oxygens (including phenoxy) is 1. The van der Waals surface area contributed by atoms with Crippen LogP contribution in [0.2, 0.25) is 0 Å². The third kappa shape index (κ3) is 5.24. The van der Waals surface area contributed by atoms with E-state index in [1.807, 2.05) is 25.1 Å². The maximum Gasteiger partial charge on any atom is 0.416 e. The van der Waals surface area contributed by atoms with E-state index in [1.165, 1.54) is 24.0 Å². The van der Waals surface area contributed by atoms with E-state index < -0.39 is 41.6 Å². The number of carbonyl (C=O) groups excluding carboxylic acids is 2. The summed E-state index contributed by atoms with van der Waals surface area (Å²) in [6.45, 7) is 8.36. The first-order valence-electron chi connectivity index (χ1n) is 11.8. The second-order valence-electron chi connectivity index (χ2n) is 9.67. The first kappa shape index (κ1) is 26.4. The van der Waals surface area contributed by atoms with Crippen LogP contribution in [0.1, 0.15) is 63.7 Å². The predicted molar refractivity (Wildman–Crippen MR) is 132 cm³/mol. The fourth-order valence-electron chi connectivity index (χ4n) is 4.83. The maximum absolute atomic E-state index is 14.4. The molecule has 4 nitrogen and oxygen atoms in total. The number of alkyl halides is 3. The van der Waals surface area contributed by atoms with Gasteiger partial charge in [-0.1, -0.05) is 35.4 Å². The molecule has 1 saturated heterocycles. The Balaban J connectivity index is 1.71. The second kappa shape index (κ2) is 9.65. The Labute approximate surface area is 212 Å². The average molecular weight is 514 g/mol. The van der Waals surface area contributed by atoms with E-state index in [0.717, 1.165) is 28.8 Å². The standard InChI is InChI=1S/C29H27F4NO3/c1-15-6-7-23(24-13-25(19(5)35)26(30)11-17(24)3)21(8-15)14-34-18(4)27(37-28(34)36)20-9-16(2)10-22(12-20)29(31,32)33/h6-13,18,27H,14H2,1-5H3/t18-,27-/m0/s1. The molecule has 1 amide bonds. The van der Waals surface area contributed by atoms with Crippen LogP contribution in [0, 0.1) is 26.6 Å². The lowest BCUT2D eigenvalue weighted by Gasteiger charge is -2.24. The molecule has 3 aromatic carbocycles. The molecule has 4 rings (SSSR count). The van der Waals surface area contributed by atoms with Crippen molar-refractivity contribution in [1.82, 2.24) is 4.90 Å². The lowest BCUT2D eigenvalue weighted by molar-refractivity contribution is -0.137. The van der Waals surface area contributed by atoms with E-state index in [9.17, 15) is 27.2 Å². The quantitative estimate of drug-likeness (QED) is 0.259. The molecule has 194 valence electrons. The molecule has 37 heavy (non-hydrogen) atoms. The van der Waals surface area contributed by atoms with E-state index >= 15 is 0 Å². The van der Waals surface area contributed by atoms with Crippen LogP contribution in [0.3, 0.4) is 0 Å². The van der Waals surface area contributed by atoms with Crippen molar-refractivity contribution in [3.63, 3.8) is 0 Å². The van der Waals surface area contributed by atoms with Gasteiger partial charge in [0.05, 0.1) is 23.7 Å². The van der Waals surface area contributed by atoms with Crippen molar-refractivity contribution in [1.29, 1.82) is 0 Å². The van der Waals surface area contributed by atoms with Crippen LogP contribution in [0.5, 0.6) is 0 Å². The van der Waals surface area contributed by atoms with E-state index in [4.69, 9.17) is 4.74 Å². The number of Topliss-reactive ketones (excluding diaryl/α,β-unsaturated/α-hetero) is 1. The van der Waals surface area contributed by atoms with Crippen molar-refractivity contribution < 1.29 is 31.9 Å². The highest BCUT2D eigenvalue weighted by atomic mass is 19.4. The van der Waals surface area contributed by atoms with Crippen LogP contribution < -0.4 is 0 Å². The van der Waals surface area contributed by atoms with Gasteiger partial charge in [-0.05, 0) is 86.7 Å². The Morgan fingerprint density at radius 1 is 0.973 bits per heavy atom. The molecule has 3 aromatic rings. The summed E-state index contributed by atoms with van der Waals surface area (Å²) >= 11 is 0. The van der Waals surface area contributed by atoms with Gasteiger partial charge in [0.15, 0.2) is 5.78 Å². The van der Waals surface area contributed by atoms with Crippen LogP contribution in [-0.2, 0) is 17.5 Å². The van der Waals surface area contributed by atoms with Crippen molar-refractivity contribution in [2.24, 2.45) is 0 Å². The molecule has 1 aliphatic rings. The summed E-state index contributed by atoms with van der Waals surface area (Å²) in [5, 5.41) is 0. The van der Waals surface area contributed by atoms with Crippen LogP contribution in [0.25, 0.3) is 11.1 Å². The number of benzene rings is 3.